The van der Waals surface area contributed by atoms with Gasteiger partial charge in [0.1, 0.15) is 12.4 Å². The number of anilines is 1. The van der Waals surface area contributed by atoms with Crippen LogP contribution in [0.1, 0.15) is 30.0 Å². The summed E-state index contributed by atoms with van der Waals surface area (Å²) in [7, 11) is 3.81. The summed E-state index contributed by atoms with van der Waals surface area (Å²) in [6.45, 7) is 3.45. The van der Waals surface area contributed by atoms with Crippen molar-refractivity contribution < 1.29 is 9.18 Å². The first-order chi connectivity index (χ1) is 14.9. The summed E-state index contributed by atoms with van der Waals surface area (Å²) in [4.78, 5) is 26.0. The highest BCUT2D eigenvalue weighted by atomic mass is 19.1. The average Bonchev–Trinajstić information content (AvgIpc) is 3.26. The molecule has 162 valence electrons. The Kier molecular flexibility index (Phi) is 5.97. The normalized spacial score (nSPS) is 16.4. The molecule has 3 heterocycles. The maximum Gasteiger partial charge on any atom is 0.244 e. The van der Waals surface area contributed by atoms with Gasteiger partial charge in [-0.25, -0.2) is 14.4 Å². The van der Waals surface area contributed by atoms with Gasteiger partial charge >= 0.3 is 0 Å². The third kappa shape index (κ3) is 4.57. The number of benzene rings is 1. The van der Waals surface area contributed by atoms with Gasteiger partial charge in [-0.1, -0.05) is 6.07 Å². The van der Waals surface area contributed by atoms with Crippen molar-refractivity contribution in [3.63, 3.8) is 0 Å². The molecule has 0 bridgehead atoms. The van der Waals surface area contributed by atoms with Crippen LogP contribution in [0.3, 0.4) is 0 Å². The minimum Gasteiger partial charge on any atom is -0.347 e. The number of hydrogen-bond acceptors (Lipinski definition) is 5. The van der Waals surface area contributed by atoms with Gasteiger partial charge in [-0.2, -0.15) is 5.10 Å². The fourth-order valence-corrected chi connectivity index (χ4v) is 4.11. The predicted molar refractivity (Wildman–Crippen MR) is 117 cm³/mol. The Balaban J connectivity index is 1.66. The molecule has 2 aromatic heterocycles. The molecule has 0 aliphatic carbocycles. The van der Waals surface area contributed by atoms with Crippen LogP contribution >= 0.6 is 0 Å². The summed E-state index contributed by atoms with van der Waals surface area (Å²) in [6.07, 6.45) is 7.12. The second kappa shape index (κ2) is 8.83. The molecule has 1 aliphatic rings. The van der Waals surface area contributed by atoms with E-state index in [0.717, 1.165) is 41.8 Å². The molecule has 1 saturated heterocycles. The van der Waals surface area contributed by atoms with E-state index in [-0.39, 0.29) is 24.2 Å². The van der Waals surface area contributed by atoms with Crippen molar-refractivity contribution in [3.05, 3.63) is 59.9 Å². The second-order valence-electron chi connectivity index (χ2n) is 8.21. The first-order valence-corrected chi connectivity index (χ1v) is 10.5. The Morgan fingerprint density at radius 2 is 2.13 bits per heavy atom. The van der Waals surface area contributed by atoms with Gasteiger partial charge in [0.15, 0.2) is 0 Å². The summed E-state index contributed by atoms with van der Waals surface area (Å²) in [5.41, 5.74) is 3.56. The van der Waals surface area contributed by atoms with Crippen LogP contribution in [0.5, 0.6) is 0 Å². The van der Waals surface area contributed by atoms with Gasteiger partial charge in [0, 0.05) is 57.3 Å². The van der Waals surface area contributed by atoms with Crippen LogP contribution in [-0.4, -0.2) is 57.7 Å². The zero-order valence-electron chi connectivity index (χ0n) is 18.1. The molecule has 1 fully saturated rings. The minimum atomic E-state index is -0.262. The van der Waals surface area contributed by atoms with Crippen LogP contribution in [0, 0.1) is 12.7 Å². The van der Waals surface area contributed by atoms with Crippen molar-refractivity contribution in [3.8, 4) is 11.1 Å². The van der Waals surface area contributed by atoms with E-state index in [4.69, 9.17) is 4.98 Å². The van der Waals surface area contributed by atoms with E-state index in [9.17, 15) is 9.18 Å². The van der Waals surface area contributed by atoms with Crippen molar-refractivity contribution in [1.82, 2.24) is 24.6 Å². The lowest BCUT2D eigenvalue weighted by atomic mass is 9.88. The predicted octanol–water partition coefficient (Wildman–Crippen LogP) is 3.26. The Hall–Kier alpha value is -3.29. The molecule has 8 heteroatoms. The van der Waals surface area contributed by atoms with Gasteiger partial charge < -0.3 is 9.80 Å². The van der Waals surface area contributed by atoms with Gasteiger partial charge in [-0.15, -0.1) is 0 Å². The van der Waals surface area contributed by atoms with E-state index in [1.165, 1.54) is 12.1 Å². The molecule has 7 nitrogen and oxygen atoms in total. The molecule has 0 spiro atoms. The standard InChI is InChI=1S/C23H27FN6O/c1-16-12-18(24)7-8-19(16)20-13-25-23(28(2)3)27-22(20)17-6-4-10-29(14-17)21(31)15-30-11-5-9-26-30/h5,7-9,11-13,17H,4,6,10,14-15H2,1-3H3. The molecule has 1 amide bonds. The Morgan fingerprint density at radius 1 is 1.29 bits per heavy atom. The van der Waals surface area contributed by atoms with Crippen LogP contribution in [0.4, 0.5) is 10.3 Å². The Bertz CT molecular complexity index is 1070. The SMILES string of the molecule is Cc1cc(F)ccc1-c1cnc(N(C)C)nc1C1CCCN(C(=O)Cn2cccn2)C1. The van der Waals surface area contributed by atoms with Crippen LogP contribution in [0.2, 0.25) is 0 Å². The maximum atomic E-state index is 13.7. The zero-order valence-corrected chi connectivity index (χ0v) is 18.1. The number of aromatic nitrogens is 4. The molecule has 1 atom stereocenters. The molecule has 1 aliphatic heterocycles. The van der Waals surface area contributed by atoms with Crippen molar-refractivity contribution in [1.29, 1.82) is 0 Å². The van der Waals surface area contributed by atoms with Crippen molar-refractivity contribution >= 4 is 11.9 Å². The second-order valence-corrected chi connectivity index (χ2v) is 8.21. The van der Waals surface area contributed by atoms with E-state index >= 15 is 0 Å². The first kappa shape index (κ1) is 21.0. The summed E-state index contributed by atoms with van der Waals surface area (Å²) >= 11 is 0. The smallest absolute Gasteiger partial charge is 0.244 e. The van der Waals surface area contributed by atoms with E-state index in [1.807, 2.05) is 43.1 Å². The molecule has 3 aromatic rings. The van der Waals surface area contributed by atoms with E-state index in [2.05, 4.69) is 10.1 Å². The molecule has 4 rings (SSSR count). The van der Waals surface area contributed by atoms with Gasteiger partial charge in [0.25, 0.3) is 0 Å². The molecule has 31 heavy (non-hydrogen) atoms. The highest BCUT2D eigenvalue weighted by Gasteiger charge is 2.29. The van der Waals surface area contributed by atoms with Crippen LogP contribution in [0.15, 0.2) is 42.9 Å². The lowest BCUT2D eigenvalue weighted by Crippen LogP contribution is -2.41. The molecule has 0 saturated carbocycles. The molecule has 0 radical (unpaired) electrons. The third-order valence-corrected chi connectivity index (χ3v) is 5.70. The monoisotopic (exact) mass is 422 g/mol. The van der Waals surface area contributed by atoms with Gasteiger partial charge in [0.2, 0.25) is 11.9 Å². The van der Waals surface area contributed by atoms with E-state index in [1.54, 1.807) is 23.1 Å². The fourth-order valence-electron chi connectivity index (χ4n) is 4.11. The summed E-state index contributed by atoms with van der Waals surface area (Å²) in [5, 5.41) is 4.14. The number of hydrogen-bond donors (Lipinski definition) is 0. The molecule has 1 unspecified atom stereocenters. The van der Waals surface area contributed by atoms with Crippen molar-refractivity contribution in [2.24, 2.45) is 0 Å². The van der Waals surface area contributed by atoms with Gasteiger partial charge in [-0.3, -0.25) is 9.48 Å². The molecular formula is C23H27FN6O. The zero-order chi connectivity index (χ0) is 22.0. The lowest BCUT2D eigenvalue weighted by Gasteiger charge is -2.33. The Morgan fingerprint density at radius 3 is 2.84 bits per heavy atom. The number of nitrogens with zero attached hydrogens (tertiary/aromatic N) is 6. The minimum absolute atomic E-state index is 0.0507. The quantitative estimate of drug-likeness (QED) is 0.631. The van der Waals surface area contributed by atoms with Crippen molar-refractivity contribution in [2.75, 3.05) is 32.1 Å². The number of aryl methyl sites for hydroxylation is 1. The summed E-state index contributed by atoms with van der Waals surface area (Å²) in [6, 6.07) is 6.59. The van der Waals surface area contributed by atoms with Gasteiger partial charge in [-0.05, 0) is 49.1 Å². The van der Waals surface area contributed by atoms with E-state index in [0.29, 0.717) is 12.5 Å². The maximum absolute atomic E-state index is 13.7. The van der Waals surface area contributed by atoms with Crippen molar-refractivity contribution in [2.45, 2.75) is 32.2 Å². The van der Waals surface area contributed by atoms with E-state index < -0.39 is 0 Å². The highest BCUT2D eigenvalue weighted by Crippen LogP contribution is 2.35. The number of amides is 1. The number of piperidine rings is 1. The average molecular weight is 423 g/mol. The summed E-state index contributed by atoms with van der Waals surface area (Å²) in [5.74, 6) is 0.492. The largest absolute Gasteiger partial charge is 0.347 e. The Labute approximate surface area is 181 Å². The fraction of sp³-hybridized carbons (Fsp3) is 0.391. The number of rotatable bonds is 5. The van der Waals surface area contributed by atoms with Crippen LogP contribution < -0.4 is 4.90 Å². The molecule has 0 N–H and O–H groups in total. The number of carbonyl (C=O) groups is 1. The lowest BCUT2D eigenvalue weighted by molar-refractivity contribution is -0.133. The topological polar surface area (TPSA) is 67.2 Å². The highest BCUT2D eigenvalue weighted by molar-refractivity contribution is 5.76. The van der Waals surface area contributed by atoms with Gasteiger partial charge in [0.05, 0.1) is 5.69 Å². The number of carbonyl (C=O) groups excluding carboxylic acids is 1. The first-order valence-electron chi connectivity index (χ1n) is 10.5. The van der Waals surface area contributed by atoms with Crippen LogP contribution in [0.25, 0.3) is 11.1 Å². The van der Waals surface area contributed by atoms with Crippen LogP contribution in [-0.2, 0) is 11.3 Å². The third-order valence-electron chi connectivity index (χ3n) is 5.70. The molecule has 1 aromatic carbocycles. The number of halogens is 1. The summed E-state index contributed by atoms with van der Waals surface area (Å²) < 4.78 is 15.3. The number of likely N-dealkylation sites (tertiary alicyclic amines) is 1. The molecular weight excluding hydrogens is 395 g/mol.